The molecule has 0 aliphatic heterocycles. The fraction of sp³-hybridized carbons (Fsp3) is 0.931. The van der Waals surface area contributed by atoms with Crippen LogP contribution in [0.5, 0.6) is 0 Å². The molecular weight excluding hydrogens is 380 g/mol. The number of hydrogen-bond acceptors (Lipinski definition) is 2. The van der Waals surface area contributed by atoms with E-state index in [1.807, 2.05) is 0 Å². The summed E-state index contributed by atoms with van der Waals surface area (Å²) >= 11 is 0. The van der Waals surface area contributed by atoms with Crippen LogP contribution in [-0.2, 0) is 4.74 Å². The van der Waals surface area contributed by atoms with E-state index in [-0.39, 0.29) is 6.61 Å². The first-order chi connectivity index (χ1) is 14.8. The molecule has 2 nitrogen and oxygen atoms in total. The Balaban J connectivity index is 1.45. The van der Waals surface area contributed by atoms with Crippen LogP contribution in [0.2, 0.25) is 0 Å². The van der Waals surface area contributed by atoms with Gasteiger partial charge >= 0.3 is 0 Å². The third-order valence-corrected chi connectivity index (χ3v) is 10.7. The summed E-state index contributed by atoms with van der Waals surface area (Å²) in [6.07, 6.45) is 18.0. The first kappa shape index (κ1) is 23.8. The predicted molar refractivity (Wildman–Crippen MR) is 130 cm³/mol. The van der Waals surface area contributed by atoms with Gasteiger partial charge in [0.05, 0.1) is 19.3 Å². The Morgan fingerprint density at radius 3 is 2.58 bits per heavy atom. The van der Waals surface area contributed by atoms with Crippen LogP contribution >= 0.6 is 0 Å². The molecule has 0 heterocycles. The molecule has 4 rings (SSSR count). The highest BCUT2D eigenvalue weighted by Crippen LogP contribution is 2.67. The standard InChI is InChI=1S/C29H50O2/c1-20(2)7-6-8-21(3)25-11-12-26-24-10-9-22-19-23(31-18-17-30)13-15-28(22,4)27(24)14-16-29(25,26)5/h9,20-21,23-27,30H,6-8,10-19H2,1-5H3/t21-,23?,24+,25-,26+,27+,28+,29-/m1/s1. The monoisotopic (exact) mass is 430 g/mol. The summed E-state index contributed by atoms with van der Waals surface area (Å²) in [4.78, 5) is 0. The summed E-state index contributed by atoms with van der Waals surface area (Å²) in [5.74, 6) is 5.44. The van der Waals surface area contributed by atoms with Gasteiger partial charge in [0.25, 0.3) is 0 Å². The summed E-state index contributed by atoms with van der Waals surface area (Å²) in [5.41, 5.74) is 2.69. The number of allylic oxidation sites excluding steroid dienone is 1. The van der Waals surface area contributed by atoms with Gasteiger partial charge in [-0.3, -0.25) is 0 Å². The van der Waals surface area contributed by atoms with Gasteiger partial charge in [-0.2, -0.15) is 0 Å². The van der Waals surface area contributed by atoms with E-state index in [1.165, 1.54) is 64.2 Å². The molecule has 0 aromatic rings. The molecule has 0 aromatic heterocycles. The second-order valence-corrected chi connectivity index (χ2v) is 12.7. The zero-order valence-electron chi connectivity index (χ0n) is 21.2. The Bertz CT molecular complexity index is 639. The fourth-order valence-corrected chi connectivity index (χ4v) is 9.01. The van der Waals surface area contributed by atoms with Crippen molar-refractivity contribution in [3.8, 4) is 0 Å². The van der Waals surface area contributed by atoms with Crippen LogP contribution < -0.4 is 0 Å². The van der Waals surface area contributed by atoms with Gasteiger partial charge in [0.2, 0.25) is 0 Å². The molecule has 1 N–H and O–H groups in total. The number of rotatable bonds is 8. The maximum Gasteiger partial charge on any atom is 0.0701 e. The van der Waals surface area contributed by atoms with Crippen molar-refractivity contribution >= 4 is 0 Å². The van der Waals surface area contributed by atoms with Crippen LogP contribution in [0.3, 0.4) is 0 Å². The van der Waals surface area contributed by atoms with Gasteiger partial charge in [0, 0.05) is 0 Å². The minimum absolute atomic E-state index is 0.148. The zero-order chi connectivity index (χ0) is 22.2. The lowest BCUT2D eigenvalue weighted by Crippen LogP contribution is -2.51. The quantitative estimate of drug-likeness (QED) is 0.406. The van der Waals surface area contributed by atoms with Crippen molar-refractivity contribution in [3.63, 3.8) is 0 Å². The molecular formula is C29H50O2. The molecule has 0 amide bonds. The number of hydrogen-bond donors (Lipinski definition) is 1. The van der Waals surface area contributed by atoms with E-state index in [2.05, 4.69) is 40.7 Å². The summed E-state index contributed by atoms with van der Waals surface area (Å²) in [6.45, 7) is 13.3. The average molecular weight is 431 g/mol. The van der Waals surface area contributed by atoms with Crippen molar-refractivity contribution in [3.05, 3.63) is 11.6 Å². The van der Waals surface area contributed by atoms with Crippen molar-refractivity contribution in [2.24, 2.45) is 46.3 Å². The van der Waals surface area contributed by atoms with Crippen LogP contribution in [-0.4, -0.2) is 24.4 Å². The van der Waals surface area contributed by atoms with Crippen molar-refractivity contribution in [1.29, 1.82) is 0 Å². The van der Waals surface area contributed by atoms with E-state index in [0.29, 0.717) is 23.5 Å². The van der Waals surface area contributed by atoms with Gasteiger partial charge in [0.15, 0.2) is 0 Å². The molecule has 0 spiro atoms. The Labute approximate surface area is 192 Å². The van der Waals surface area contributed by atoms with Crippen molar-refractivity contribution in [2.75, 3.05) is 13.2 Å². The van der Waals surface area contributed by atoms with Crippen LogP contribution in [0.1, 0.15) is 105 Å². The fourth-order valence-electron chi connectivity index (χ4n) is 9.01. The predicted octanol–water partition coefficient (Wildman–Crippen LogP) is 7.41. The van der Waals surface area contributed by atoms with Crippen LogP contribution in [0.15, 0.2) is 11.6 Å². The molecule has 31 heavy (non-hydrogen) atoms. The summed E-state index contributed by atoms with van der Waals surface area (Å²) in [5, 5.41) is 9.14. The summed E-state index contributed by atoms with van der Waals surface area (Å²) in [7, 11) is 0. The van der Waals surface area contributed by atoms with Gasteiger partial charge in [-0.15, -0.1) is 0 Å². The van der Waals surface area contributed by atoms with E-state index >= 15 is 0 Å². The van der Waals surface area contributed by atoms with E-state index in [0.717, 1.165) is 41.9 Å². The molecule has 178 valence electrons. The number of aliphatic hydroxyl groups excluding tert-OH is 1. The topological polar surface area (TPSA) is 29.5 Å². The zero-order valence-corrected chi connectivity index (χ0v) is 21.2. The minimum Gasteiger partial charge on any atom is -0.394 e. The van der Waals surface area contributed by atoms with Gasteiger partial charge < -0.3 is 9.84 Å². The van der Waals surface area contributed by atoms with Crippen molar-refractivity contribution in [2.45, 2.75) is 111 Å². The molecule has 0 radical (unpaired) electrons. The molecule has 3 fully saturated rings. The molecule has 0 saturated heterocycles. The Kier molecular flexibility index (Phi) is 7.29. The van der Waals surface area contributed by atoms with Crippen molar-refractivity contribution in [1.82, 2.24) is 0 Å². The Morgan fingerprint density at radius 1 is 1.03 bits per heavy atom. The lowest BCUT2D eigenvalue weighted by Gasteiger charge is -2.58. The summed E-state index contributed by atoms with van der Waals surface area (Å²) in [6, 6.07) is 0. The normalized spacial score (nSPS) is 43.2. The third-order valence-electron chi connectivity index (χ3n) is 10.7. The Morgan fingerprint density at radius 2 is 1.84 bits per heavy atom. The Hall–Kier alpha value is -0.340. The molecule has 3 saturated carbocycles. The maximum absolute atomic E-state index is 9.14. The SMILES string of the molecule is CC(C)CCC[C@@H](C)[C@H]1CC[C@H]2[C@@H]3CC=C4CC(OCCO)CC[C@]4(C)[C@H]3CC[C@]12C. The second kappa shape index (κ2) is 9.49. The lowest BCUT2D eigenvalue weighted by atomic mass is 9.47. The second-order valence-electron chi connectivity index (χ2n) is 12.7. The molecule has 0 aromatic carbocycles. The van der Waals surface area contributed by atoms with E-state index in [4.69, 9.17) is 9.84 Å². The first-order valence-corrected chi connectivity index (χ1v) is 13.7. The molecule has 1 unspecified atom stereocenters. The lowest BCUT2D eigenvalue weighted by molar-refractivity contribution is -0.0658. The highest BCUT2D eigenvalue weighted by molar-refractivity contribution is 5.25. The largest absolute Gasteiger partial charge is 0.394 e. The van der Waals surface area contributed by atoms with Gasteiger partial charge in [0.1, 0.15) is 0 Å². The molecule has 8 atom stereocenters. The molecule has 4 aliphatic rings. The highest BCUT2D eigenvalue weighted by Gasteiger charge is 2.59. The van der Waals surface area contributed by atoms with Crippen LogP contribution in [0.4, 0.5) is 0 Å². The first-order valence-electron chi connectivity index (χ1n) is 13.7. The number of ether oxygens (including phenoxy) is 1. The summed E-state index contributed by atoms with van der Waals surface area (Å²) < 4.78 is 5.94. The van der Waals surface area contributed by atoms with E-state index in [9.17, 15) is 0 Å². The smallest absolute Gasteiger partial charge is 0.0701 e. The third kappa shape index (κ3) is 4.42. The van der Waals surface area contributed by atoms with Crippen LogP contribution in [0, 0.1) is 46.3 Å². The van der Waals surface area contributed by atoms with Crippen molar-refractivity contribution < 1.29 is 9.84 Å². The van der Waals surface area contributed by atoms with E-state index < -0.39 is 0 Å². The van der Waals surface area contributed by atoms with Gasteiger partial charge in [-0.05, 0) is 97.7 Å². The van der Waals surface area contributed by atoms with Gasteiger partial charge in [-0.25, -0.2) is 0 Å². The molecule has 0 bridgehead atoms. The number of fused-ring (bicyclic) bond motifs is 5. The van der Waals surface area contributed by atoms with Gasteiger partial charge in [-0.1, -0.05) is 65.5 Å². The molecule has 4 aliphatic carbocycles. The highest BCUT2D eigenvalue weighted by atomic mass is 16.5. The van der Waals surface area contributed by atoms with E-state index in [1.54, 1.807) is 5.57 Å². The van der Waals surface area contributed by atoms with Crippen LogP contribution in [0.25, 0.3) is 0 Å². The average Bonchev–Trinajstić information content (AvgIpc) is 3.09. The maximum atomic E-state index is 9.14. The molecule has 2 heteroatoms. The minimum atomic E-state index is 0.148. The number of aliphatic hydroxyl groups is 1.